The predicted octanol–water partition coefficient (Wildman–Crippen LogP) is 3.43. The number of nitrogens with one attached hydrogen (secondary N) is 1. The molecule has 0 amide bonds. The molecule has 0 spiro atoms. The summed E-state index contributed by atoms with van der Waals surface area (Å²) in [6.45, 7) is 6.12. The molecule has 96 valence electrons. The standard InChI is InChI=1S/C12H15BrN4S/c1-4-8-6(2)15-12(16-11(8)17-14)10-5-9(13)7(3)18-10/h5H,4,14H2,1-3H3,(H,15,16,17). The van der Waals surface area contributed by atoms with Crippen LogP contribution in [0.15, 0.2) is 10.5 Å². The average molecular weight is 327 g/mol. The molecular formula is C12H15BrN4S. The second kappa shape index (κ2) is 5.34. The molecule has 0 atom stereocenters. The molecule has 4 nitrogen and oxygen atoms in total. The molecule has 0 saturated carbocycles. The fourth-order valence-electron chi connectivity index (χ4n) is 1.82. The van der Waals surface area contributed by atoms with Crippen molar-refractivity contribution in [2.24, 2.45) is 5.84 Å². The Hall–Kier alpha value is -0.980. The molecule has 2 aromatic heterocycles. The minimum atomic E-state index is 0.710. The van der Waals surface area contributed by atoms with E-state index < -0.39 is 0 Å². The van der Waals surface area contributed by atoms with Crippen molar-refractivity contribution in [3.8, 4) is 10.7 Å². The third-order valence-electron chi connectivity index (χ3n) is 2.78. The van der Waals surface area contributed by atoms with Crippen molar-refractivity contribution in [3.05, 3.63) is 26.7 Å². The van der Waals surface area contributed by atoms with Gasteiger partial charge in [0.25, 0.3) is 0 Å². The minimum Gasteiger partial charge on any atom is -0.308 e. The maximum Gasteiger partial charge on any atom is 0.171 e. The number of hydrogen-bond acceptors (Lipinski definition) is 5. The smallest absolute Gasteiger partial charge is 0.171 e. The monoisotopic (exact) mass is 326 g/mol. The minimum absolute atomic E-state index is 0.710. The van der Waals surface area contributed by atoms with Gasteiger partial charge in [0, 0.05) is 20.6 Å². The van der Waals surface area contributed by atoms with E-state index in [1.807, 2.05) is 13.0 Å². The van der Waals surface area contributed by atoms with Crippen LogP contribution in [-0.2, 0) is 6.42 Å². The summed E-state index contributed by atoms with van der Waals surface area (Å²) in [6.07, 6.45) is 0.860. The maximum absolute atomic E-state index is 5.53. The second-order valence-corrected chi connectivity index (χ2v) is 6.08. The van der Waals surface area contributed by atoms with E-state index >= 15 is 0 Å². The van der Waals surface area contributed by atoms with Gasteiger partial charge in [-0.3, -0.25) is 0 Å². The highest BCUT2D eigenvalue weighted by Gasteiger charge is 2.13. The van der Waals surface area contributed by atoms with Gasteiger partial charge in [0.05, 0.1) is 4.88 Å². The number of halogens is 1. The van der Waals surface area contributed by atoms with Gasteiger partial charge in [-0.1, -0.05) is 6.92 Å². The number of rotatable bonds is 3. The Bertz CT molecular complexity index is 560. The quantitative estimate of drug-likeness (QED) is 0.670. The van der Waals surface area contributed by atoms with Gasteiger partial charge in [0.15, 0.2) is 5.82 Å². The van der Waals surface area contributed by atoms with E-state index in [2.05, 4.69) is 45.2 Å². The molecule has 0 aliphatic heterocycles. The molecule has 0 aliphatic rings. The van der Waals surface area contributed by atoms with Crippen molar-refractivity contribution >= 4 is 33.1 Å². The van der Waals surface area contributed by atoms with Gasteiger partial charge in [0.1, 0.15) is 5.82 Å². The predicted molar refractivity (Wildman–Crippen MR) is 79.7 cm³/mol. The van der Waals surface area contributed by atoms with Crippen LogP contribution < -0.4 is 11.3 Å². The van der Waals surface area contributed by atoms with E-state index in [0.717, 1.165) is 32.9 Å². The van der Waals surface area contributed by atoms with E-state index in [-0.39, 0.29) is 0 Å². The zero-order valence-corrected chi connectivity index (χ0v) is 12.9. The van der Waals surface area contributed by atoms with Crippen molar-refractivity contribution in [1.82, 2.24) is 9.97 Å². The molecule has 6 heteroatoms. The Labute approximate surface area is 119 Å². The molecule has 0 bridgehead atoms. The lowest BCUT2D eigenvalue weighted by molar-refractivity contribution is 0.997. The average Bonchev–Trinajstić information content (AvgIpc) is 2.68. The second-order valence-electron chi connectivity index (χ2n) is 3.97. The highest BCUT2D eigenvalue weighted by molar-refractivity contribution is 9.10. The number of nitrogens with zero attached hydrogens (tertiary/aromatic N) is 2. The fourth-order valence-corrected chi connectivity index (χ4v) is 3.29. The summed E-state index contributed by atoms with van der Waals surface area (Å²) in [4.78, 5) is 11.3. The molecule has 0 aliphatic carbocycles. The molecule has 0 aromatic carbocycles. The number of hydrogen-bond donors (Lipinski definition) is 2. The summed E-state index contributed by atoms with van der Waals surface area (Å²) in [7, 11) is 0. The highest BCUT2D eigenvalue weighted by Crippen LogP contribution is 2.33. The summed E-state index contributed by atoms with van der Waals surface area (Å²) in [5.74, 6) is 6.96. The van der Waals surface area contributed by atoms with E-state index in [0.29, 0.717) is 5.82 Å². The van der Waals surface area contributed by atoms with Crippen molar-refractivity contribution < 1.29 is 0 Å². The number of thiophene rings is 1. The fraction of sp³-hybridized carbons (Fsp3) is 0.333. The van der Waals surface area contributed by atoms with Gasteiger partial charge >= 0.3 is 0 Å². The third kappa shape index (κ3) is 2.41. The van der Waals surface area contributed by atoms with Crippen molar-refractivity contribution in [2.75, 3.05) is 5.43 Å². The lowest BCUT2D eigenvalue weighted by Crippen LogP contribution is -2.13. The van der Waals surface area contributed by atoms with Gasteiger partial charge < -0.3 is 5.43 Å². The Kier molecular flexibility index (Phi) is 3.99. The van der Waals surface area contributed by atoms with Crippen LogP contribution in [0.2, 0.25) is 0 Å². The first kappa shape index (κ1) is 13.5. The van der Waals surface area contributed by atoms with Crippen LogP contribution in [0.5, 0.6) is 0 Å². The molecule has 0 unspecified atom stereocenters. The summed E-state index contributed by atoms with van der Waals surface area (Å²) < 4.78 is 1.09. The lowest BCUT2D eigenvalue weighted by atomic mass is 10.1. The lowest BCUT2D eigenvalue weighted by Gasteiger charge is -2.10. The van der Waals surface area contributed by atoms with Crippen molar-refractivity contribution in [3.63, 3.8) is 0 Å². The normalized spacial score (nSPS) is 10.7. The summed E-state index contributed by atoms with van der Waals surface area (Å²) in [6, 6.07) is 2.04. The third-order valence-corrected chi connectivity index (χ3v) is 4.91. The molecule has 2 aromatic rings. The van der Waals surface area contributed by atoms with Crippen LogP contribution in [0.4, 0.5) is 5.82 Å². The summed E-state index contributed by atoms with van der Waals surface area (Å²) in [5.41, 5.74) is 4.69. The van der Waals surface area contributed by atoms with Crippen LogP contribution in [-0.4, -0.2) is 9.97 Å². The Morgan fingerprint density at radius 1 is 1.39 bits per heavy atom. The number of aryl methyl sites for hydroxylation is 2. The molecule has 3 N–H and O–H groups in total. The van der Waals surface area contributed by atoms with Gasteiger partial charge in [-0.05, 0) is 42.3 Å². The Morgan fingerprint density at radius 2 is 2.11 bits per heavy atom. The Balaban J connectivity index is 2.55. The first-order chi connectivity index (χ1) is 8.56. The number of anilines is 1. The summed E-state index contributed by atoms with van der Waals surface area (Å²) >= 11 is 5.18. The Morgan fingerprint density at radius 3 is 2.61 bits per heavy atom. The highest BCUT2D eigenvalue weighted by atomic mass is 79.9. The van der Waals surface area contributed by atoms with Gasteiger partial charge in [-0.15, -0.1) is 11.3 Å². The summed E-state index contributed by atoms with van der Waals surface area (Å²) in [5, 5.41) is 0. The van der Waals surface area contributed by atoms with Crippen molar-refractivity contribution in [2.45, 2.75) is 27.2 Å². The van der Waals surface area contributed by atoms with E-state index in [4.69, 9.17) is 5.84 Å². The molecule has 0 radical (unpaired) electrons. The topological polar surface area (TPSA) is 63.8 Å². The van der Waals surface area contributed by atoms with Crippen LogP contribution in [0.3, 0.4) is 0 Å². The molecule has 2 rings (SSSR count). The molecule has 18 heavy (non-hydrogen) atoms. The van der Waals surface area contributed by atoms with E-state index in [9.17, 15) is 0 Å². The van der Waals surface area contributed by atoms with Crippen LogP contribution in [0.25, 0.3) is 10.7 Å². The first-order valence-corrected chi connectivity index (χ1v) is 7.28. The van der Waals surface area contributed by atoms with Gasteiger partial charge in [-0.2, -0.15) is 0 Å². The number of nitrogens with two attached hydrogens (primary N) is 1. The largest absolute Gasteiger partial charge is 0.308 e. The zero-order chi connectivity index (χ0) is 13.3. The van der Waals surface area contributed by atoms with Gasteiger partial charge in [-0.25, -0.2) is 15.8 Å². The maximum atomic E-state index is 5.53. The van der Waals surface area contributed by atoms with Crippen LogP contribution in [0.1, 0.15) is 23.1 Å². The van der Waals surface area contributed by atoms with Crippen molar-refractivity contribution in [1.29, 1.82) is 0 Å². The molecular weight excluding hydrogens is 312 g/mol. The first-order valence-electron chi connectivity index (χ1n) is 5.67. The van der Waals surface area contributed by atoms with Crippen LogP contribution >= 0.6 is 27.3 Å². The number of aromatic nitrogens is 2. The van der Waals surface area contributed by atoms with Crippen LogP contribution in [0, 0.1) is 13.8 Å². The SMILES string of the molecule is CCc1c(C)nc(-c2cc(Br)c(C)s2)nc1NN. The molecule has 2 heterocycles. The van der Waals surface area contributed by atoms with E-state index in [1.165, 1.54) is 4.88 Å². The number of nitrogen functional groups attached to an aromatic ring is 1. The molecule has 0 fully saturated rings. The molecule has 0 saturated heterocycles. The number of hydrazine groups is 1. The van der Waals surface area contributed by atoms with E-state index in [1.54, 1.807) is 11.3 Å². The van der Waals surface area contributed by atoms with Gasteiger partial charge in [0.2, 0.25) is 0 Å². The zero-order valence-electron chi connectivity index (χ0n) is 10.5.